The molecule has 0 aliphatic carbocycles. The molecule has 60 heavy (non-hydrogen) atoms. The van der Waals surface area contributed by atoms with Gasteiger partial charge in [-0.25, -0.2) is 14.4 Å². The zero-order chi connectivity index (χ0) is 43.7. The molecule has 2 saturated heterocycles. The summed E-state index contributed by atoms with van der Waals surface area (Å²) in [7, 11) is 1.46. The van der Waals surface area contributed by atoms with Crippen LogP contribution < -0.4 is 31.9 Å². The molecular formula is C39H50N8O12S. The van der Waals surface area contributed by atoms with Crippen molar-refractivity contribution in [3.8, 4) is 11.5 Å². The van der Waals surface area contributed by atoms with Crippen LogP contribution in [-0.4, -0.2) is 141 Å². The van der Waals surface area contributed by atoms with Crippen molar-refractivity contribution in [1.82, 2.24) is 41.7 Å². The number of imide groups is 1. The number of fused-ring (bicyclic) bond motifs is 1. The summed E-state index contributed by atoms with van der Waals surface area (Å²) >= 11 is 1.37. The minimum Gasteiger partial charge on any atom is -0.508 e. The fourth-order valence-electron chi connectivity index (χ4n) is 7.10. The predicted octanol–water partition coefficient (Wildman–Crippen LogP) is -0.260. The molecule has 2 aromatic carbocycles. The molecule has 2 aromatic rings. The maximum atomic E-state index is 13.9. The van der Waals surface area contributed by atoms with E-state index >= 15 is 0 Å². The fourth-order valence-corrected chi connectivity index (χ4v) is 7.57. The van der Waals surface area contributed by atoms with Crippen LogP contribution in [0.2, 0.25) is 0 Å². The van der Waals surface area contributed by atoms with E-state index in [0.717, 1.165) is 22.2 Å². The summed E-state index contributed by atoms with van der Waals surface area (Å²) in [6.45, 7) is 1.49. The average Bonchev–Trinajstić information content (AvgIpc) is 3.57. The first kappa shape index (κ1) is 45.0. The third kappa shape index (κ3) is 11.8. The molecular weight excluding hydrogens is 805 g/mol. The van der Waals surface area contributed by atoms with Gasteiger partial charge in [-0.2, -0.15) is 11.8 Å². The van der Waals surface area contributed by atoms with Crippen molar-refractivity contribution < 1.29 is 58.7 Å². The molecule has 3 heterocycles. The van der Waals surface area contributed by atoms with Crippen LogP contribution in [0.4, 0.5) is 9.59 Å². The van der Waals surface area contributed by atoms with Crippen molar-refractivity contribution in [2.45, 2.75) is 81.6 Å². The van der Waals surface area contributed by atoms with Crippen LogP contribution in [0.1, 0.15) is 48.9 Å². The Kier molecular flexibility index (Phi) is 15.2. The van der Waals surface area contributed by atoms with Gasteiger partial charge in [0.1, 0.15) is 41.5 Å². The number of rotatable bonds is 16. The topological polar surface area (TPSA) is 288 Å². The number of hydrogen-bond acceptors (Lipinski definition) is 13. The summed E-state index contributed by atoms with van der Waals surface area (Å²) < 4.78 is 5.76. The smallest absolute Gasteiger partial charge is 0.327 e. The van der Waals surface area contributed by atoms with Crippen LogP contribution in [0.5, 0.6) is 11.5 Å². The van der Waals surface area contributed by atoms with E-state index in [0.29, 0.717) is 11.3 Å². The number of thioether (sulfide) groups is 1. The van der Waals surface area contributed by atoms with E-state index in [1.165, 1.54) is 48.0 Å². The van der Waals surface area contributed by atoms with Crippen molar-refractivity contribution in [1.29, 1.82) is 0 Å². The van der Waals surface area contributed by atoms with Crippen molar-refractivity contribution in [3.63, 3.8) is 0 Å². The molecule has 3 aliphatic rings. The number of carbonyl (C=O) groups is 7. The third-order valence-electron chi connectivity index (χ3n) is 10.2. The Morgan fingerprint density at radius 1 is 1.00 bits per heavy atom. The lowest BCUT2D eigenvalue weighted by Crippen LogP contribution is -2.59. The van der Waals surface area contributed by atoms with Gasteiger partial charge in [-0.15, -0.1) is 0 Å². The number of hydrogen-bond donors (Lipinski definition) is 10. The molecule has 3 aliphatic heterocycles. The van der Waals surface area contributed by atoms with E-state index in [9.17, 15) is 54.0 Å². The molecule has 324 valence electrons. The van der Waals surface area contributed by atoms with Gasteiger partial charge in [0.25, 0.3) is 0 Å². The number of phenolic OH excluding ortho intramolecular Hbond substituents is 2. The number of amides is 8. The number of aliphatic hydroxyl groups is 1. The molecule has 3 unspecified atom stereocenters. The van der Waals surface area contributed by atoms with Crippen LogP contribution in [0.3, 0.4) is 0 Å². The second kappa shape index (κ2) is 20.3. The Balaban J connectivity index is 1.31. The lowest BCUT2D eigenvalue weighted by atomic mass is 9.90. The number of likely N-dealkylation sites (N-methyl/N-ethyl adjacent to an activating group) is 1. The molecule has 2 fully saturated rings. The summed E-state index contributed by atoms with van der Waals surface area (Å²) in [5.74, 6) is -3.40. The van der Waals surface area contributed by atoms with Gasteiger partial charge in [0.2, 0.25) is 29.9 Å². The number of nitrogens with zero attached hydrogens (tertiary/aromatic N) is 2. The molecule has 8 amide bonds. The first-order valence-corrected chi connectivity index (χ1v) is 20.6. The number of phenols is 2. The van der Waals surface area contributed by atoms with Gasteiger partial charge in [-0.05, 0) is 72.7 Å². The molecule has 7 atom stereocenters. The number of carbonyl (C=O) groups excluding carboxylic acids is 6. The quantitative estimate of drug-likeness (QED) is 0.104. The van der Waals surface area contributed by atoms with E-state index in [-0.39, 0.29) is 68.5 Å². The van der Waals surface area contributed by atoms with Gasteiger partial charge in [0, 0.05) is 51.6 Å². The molecule has 0 aromatic heterocycles. The normalized spacial score (nSPS) is 22.0. The summed E-state index contributed by atoms with van der Waals surface area (Å²) in [6, 6.07) is 3.88. The number of carboxylic acids is 1. The number of nitrogens with one attached hydrogen (secondary N) is 6. The number of ether oxygens (including phenoxy) is 1. The SMILES string of the molecule is CSCC[C@H](NC(=O)N[C@@H](Cc1cccc(O)c1)C(=O)O)C(=O)NC(CN(C)C(=O)C1Cc2ccc(O)cc2C(C)N1)C(=O)N/C=C1/C[C@@H](O)[C@H](N2CCC(=O)NC2=O)O1. The lowest BCUT2D eigenvalue weighted by Gasteiger charge is -2.34. The Labute approximate surface area is 349 Å². The van der Waals surface area contributed by atoms with Crippen molar-refractivity contribution in [2.75, 3.05) is 32.1 Å². The van der Waals surface area contributed by atoms with Gasteiger partial charge >= 0.3 is 18.0 Å². The second-order valence-electron chi connectivity index (χ2n) is 14.7. The lowest BCUT2D eigenvalue weighted by molar-refractivity contribution is -0.139. The summed E-state index contributed by atoms with van der Waals surface area (Å²) in [5, 5.41) is 55.7. The zero-order valence-electron chi connectivity index (χ0n) is 33.2. The van der Waals surface area contributed by atoms with Crippen molar-refractivity contribution >= 4 is 53.4 Å². The number of aliphatic hydroxyl groups excluding tert-OH is 1. The monoisotopic (exact) mass is 854 g/mol. The Bertz CT molecular complexity index is 2000. The number of urea groups is 2. The highest BCUT2D eigenvalue weighted by Gasteiger charge is 2.41. The van der Waals surface area contributed by atoms with E-state index in [2.05, 4.69) is 31.9 Å². The Morgan fingerprint density at radius 3 is 2.43 bits per heavy atom. The van der Waals surface area contributed by atoms with Gasteiger partial charge < -0.3 is 51.3 Å². The number of aromatic hydroxyl groups is 2. The van der Waals surface area contributed by atoms with E-state index in [1.54, 1.807) is 24.5 Å². The minimum absolute atomic E-state index is 0.000777. The second-order valence-corrected chi connectivity index (χ2v) is 15.7. The molecule has 5 rings (SSSR count). The van der Waals surface area contributed by atoms with Gasteiger partial charge in [0.05, 0.1) is 6.04 Å². The summed E-state index contributed by atoms with van der Waals surface area (Å²) in [5.41, 5.74) is 2.11. The highest BCUT2D eigenvalue weighted by Crippen LogP contribution is 2.29. The van der Waals surface area contributed by atoms with Gasteiger partial charge in [0.15, 0.2) is 0 Å². The minimum atomic E-state index is -1.44. The molecule has 0 bridgehead atoms. The highest BCUT2D eigenvalue weighted by atomic mass is 32.2. The molecule has 0 spiro atoms. The largest absolute Gasteiger partial charge is 0.508 e. The molecule has 0 saturated carbocycles. The number of carboxylic acid groups (broad SMARTS) is 1. The van der Waals surface area contributed by atoms with Gasteiger partial charge in [-0.1, -0.05) is 18.2 Å². The standard InChI is InChI=1S/C39H50N8O12S/c1-20-26-16-24(49)8-7-22(26)15-28(41-20)35(54)46(2)19-30(33(52)40-18-25-17-31(50)36(59-25)47-11-9-32(51)45-39(47)58)42-34(53)27(10-12-60-3)43-38(57)44-29(37(55)56)14-21-5-4-6-23(48)13-21/h4-8,13,16,18,20,27-31,36,41,48-50H,9-12,14-15,17,19H2,1-3H3,(H,40,52)(H,42,53)(H,55,56)(H2,43,44,57)(H,45,51,58)/b25-18-/t20?,27-,28?,29-,30?,31+,36+/m0/s1. The number of aliphatic carboxylic acids is 1. The maximum Gasteiger partial charge on any atom is 0.327 e. The molecule has 0 radical (unpaired) electrons. The van der Waals surface area contributed by atoms with Crippen LogP contribution >= 0.6 is 11.8 Å². The Hall–Kier alpha value is -6.06. The van der Waals surface area contributed by atoms with E-state index in [1.807, 2.05) is 6.92 Å². The Morgan fingerprint density at radius 2 is 1.73 bits per heavy atom. The van der Waals surface area contributed by atoms with Gasteiger partial charge in [-0.3, -0.25) is 34.7 Å². The van der Waals surface area contributed by atoms with E-state index < -0.39 is 78.2 Å². The molecule has 20 nitrogen and oxygen atoms in total. The summed E-state index contributed by atoms with van der Waals surface area (Å²) in [6.07, 6.45) is 0.663. The maximum absolute atomic E-state index is 13.9. The first-order chi connectivity index (χ1) is 28.5. The average molecular weight is 855 g/mol. The van der Waals surface area contributed by atoms with Crippen LogP contribution in [0.15, 0.2) is 54.4 Å². The molecule has 21 heteroatoms. The highest BCUT2D eigenvalue weighted by molar-refractivity contribution is 7.98. The predicted molar refractivity (Wildman–Crippen MR) is 215 cm³/mol. The first-order valence-electron chi connectivity index (χ1n) is 19.2. The zero-order valence-corrected chi connectivity index (χ0v) is 34.0. The van der Waals surface area contributed by atoms with Crippen molar-refractivity contribution in [2.24, 2.45) is 0 Å². The van der Waals surface area contributed by atoms with Crippen LogP contribution in [-0.2, 0) is 41.6 Å². The van der Waals surface area contributed by atoms with Crippen LogP contribution in [0.25, 0.3) is 0 Å². The number of benzene rings is 2. The van der Waals surface area contributed by atoms with Crippen molar-refractivity contribution in [3.05, 3.63) is 71.1 Å². The fraction of sp³-hybridized carbons (Fsp3) is 0.462. The molecule has 10 N–H and O–H groups in total. The van der Waals surface area contributed by atoms with Crippen LogP contribution in [0, 0.1) is 0 Å². The van der Waals surface area contributed by atoms with E-state index in [4.69, 9.17) is 4.74 Å². The summed E-state index contributed by atoms with van der Waals surface area (Å²) in [4.78, 5) is 93.3. The third-order valence-corrected chi connectivity index (χ3v) is 10.8.